The number of aryl methyl sites for hydroxylation is 1. The van der Waals surface area contributed by atoms with Gasteiger partial charge in [0, 0.05) is 36.2 Å². The minimum absolute atomic E-state index is 0.539. The molecule has 4 heteroatoms. The maximum Gasteiger partial charge on any atom is 0.0651 e. The highest BCUT2D eigenvalue weighted by Crippen LogP contribution is 2.37. The molecule has 2 unspecified atom stereocenters. The van der Waals surface area contributed by atoms with E-state index in [1.807, 2.05) is 6.20 Å². The second kappa shape index (κ2) is 6.44. The average Bonchev–Trinajstić information content (AvgIpc) is 3.12. The van der Waals surface area contributed by atoms with Crippen molar-refractivity contribution in [3.05, 3.63) is 59.8 Å². The molecule has 2 bridgehead atoms. The van der Waals surface area contributed by atoms with E-state index in [0.29, 0.717) is 12.1 Å². The zero-order valence-electron chi connectivity index (χ0n) is 15.3. The van der Waals surface area contributed by atoms with E-state index in [4.69, 9.17) is 0 Å². The Balaban J connectivity index is 1.33. The van der Waals surface area contributed by atoms with E-state index < -0.39 is 0 Å². The standard InChI is InChI=1S/C22H26N4/c1-15-2-4-16(5-3-15)13-26-14-17-6-9-22(26)21(10-17)24-19-7-8-20-18(11-19)12-23-25-20/h2-5,7-8,11-12,17,21-22,24H,6,9-10,13-14H2,1H3,(H,23,25)/t17?,21?,22-/m0/s1. The Bertz CT molecular complexity index is 898. The molecule has 0 amide bonds. The Labute approximate surface area is 154 Å². The van der Waals surface area contributed by atoms with Crippen molar-refractivity contribution in [3.63, 3.8) is 0 Å². The van der Waals surface area contributed by atoms with Gasteiger partial charge < -0.3 is 5.32 Å². The number of piperidine rings is 2. The predicted molar refractivity (Wildman–Crippen MR) is 106 cm³/mol. The molecule has 3 heterocycles. The minimum atomic E-state index is 0.539. The van der Waals surface area contributed by atoms with Crippen LogP contribution in [0.25, 0.3) is 10.9 Å². The number of fused-ring (bicyclic) bond motifs is 4. The summed E-state index contributed by atoms with van der Waals surface area (Å²) < 4.78 is 0. The average molecular weight is 346 g/mol. The number of rotatable bonds is 4. The Kier molecular flexibility index (Phi) is 3.93. The predicted octanol–water partition coefficient (Wildman–Crippen LogP) is 4.34. The second-order valence-electron chi connectivity index (χ2n) is 8.08. The van der Waals surface area contributed by atoms with Gasteiger partial charge in [0.25, 0.3) is 0 Å². The van der Waals surface area contributed by atoms with E-state index in [2.05, 4.69) is 69.8 Å². The molecule has 2 aromatic carbocycles. The van der Waals surface area contributed by atoms with Crippen LogP contribution in [0.5, 0.6) is 0 Å². The first-order chi connectivity index (χ1) is 12.7. The van der Waals surface area contributed by atoms with Crippen LogP contribution in [0.1, 0.15) is 30.4 Å². The summed E-state index contributed by atoms with van der Waals surface area (Å²) in [6, 6.07) is 16.7. The number of anilines is 1. The van der Waals surface area contributed by atoms with Crippen LogP contribution in [-0.2, 0) is 6.54 Å². The van der Waals surface area contributed by atoms with Gasteiger partial charge in [0.05, 0.1) is 11.7 Å². The van der Waals surface area contributed by atoms with E-state index in [1.54, 1.807) is 0 Å². The van der Waals surface area contributed by atoms with Crippen LogP contribution < -0.4 is 5.32 Å². The molecule has 3 aromatic rings. The smallest absolute Gasteiger partial charge is 0.0651 e. The van der Waals surface area contributed by atoms with E-state index in [0.717, 1.165) is 18.0 Å². The highest BCUT2D eigenvalue weighted by Gasteiger charge is 2.40. The van der Waals surface area contributed by atoms with Gasteiger partial charge in [-0.2, -0.15) is 5.10 Å². The first-order valence-electron chi connectivity index (χ1n) is 9.74. The van der Waals surface area contributed by atoms with Crippen LogP contribution in [0.4, 0.5) is 5.69 Å². The van der Waals surface area contributed by atoms with Crippen molar-refractivity contribution in [1.82, 2.24) is 15.1 Å². The maximum atomic E-state index is 4.13. The number of nitrogens with zero attached hydrogens (tertiary/aromatic N) is 2. The summed E-state index contributed by atoms with van der Waals surface area (Å²) in [6.07, 6.45) is 5.88. The van der Waals surface area contributed by atoms with Gasteiger partial charge in [0.1, 0.15) is 0 Å². The SMILES string of the molecule is Cc1ccc(CN2CC3CC[C@H]2C(Nc2ccc4[nH]ncc4c2)C3)cc1. The molecule has 0 spiro atoms. The molecule has 0 radical (unpaired) electrons. The molecule has 3 atom stereocenters. The van der Waals surface area contributed by atoms with Crippen molar-refractivity contribution in [2.24, 2.45) is 5.92 Å². The topological polar surface area (TPSA) is 44.0 Å². The van der Waals surface area contributed by atoms with Gasteiger partial charge >= 0.3 is 0 Å². The first kappa shape index (κ1) is 15.9. The van der Waals surface area contributed by atoms with Gasteiger partial charge in [0.15, 0.2) is 0 Å². The third-order valence-corrected chi connectivity index (χ3v) is 6.18. The summed E-state index contributed by atoms with van der Waals surface area (Å²) in [5.41, 5.74) is 5.08. The number of aromatic nitrogens is 2. The summed E-state index contributed by atoms with van der Waals surface area (Å²) in [5.74, 6) is 0.820. The molecule has 3 aliphatic rings. The number of hydrogen-bond acceptors (Lipinski definition) is 3. The number of aromatic amines is 1. The molecular formula is C22H26N4. The van der Waals surface area contributed by atoms with Gasteiger partial charge in [-0.3, -0.25) is 10.00 Å². The highest BCUT2D eigenvalue weighted by atomic mass is 15.2. The van der Waals surface area contributed by atoms with Gasteiger partial charge in [-0.1, -0.05) is 29.8 Å². The van der Waals surface area contributed by atoms with Crippen LogP contribution in [0.15, 0.2) is 48.7 Å². The quantitative estimate of drug-likeness (QED) is 0.739. The highest BCUT2D eigenvalue weighted by molar-refractivity contribution is 5.81. The zero-order valence-corrected chi connectivity index (χ0v) is 15.3. The lowest BCUT2D eigenvalue weighted by atomic mass is 9.76. The Morgan fingerprint density at radius 3 is 2.88 bits per heavy atom. The molecule has 6 rings (SSSR count). The van der Waals surface area contributed by atoms with Crippen LogP contribution in [0.3, 0.4) is 0 Å². The van der Waals surface area contributed by atoms with Crippen LogP contribution in [-0.4, -0.2) is 33.7 Å². The summed E-state index contributed by atoms with van der Waals surface area (Å²) in [5, 5.41) is 12.2. The molecule has 134 valence electrons. The molecule has 2 saturated heterocycles. The van der Waals surface area contributed by atoms with Gasteiger partial charge in [-0.15, -0.1) is 0 Å². The van der Waals surface area contributed by atoms with Crippen LogP contribution in [0.2, 0.25) is 0 Å². The fourth-order valence-corrected chi connectivity index (χ4v) is 4.82. The minimum Gasteiger partial charge on any atom is -0.381 e. The van der Waals surface area contributed by atoms with Crippen molar-refractivity contribution in [2.75, 3.05) is 11.9 Å². The molecule has 2 aliphatic heterocycles. The largest absolute Gasteiger partial charge is 0.381 e. The van der Waals surface area contributed by atoms with Gasteiger partial charge in [-0.05, 0) is 55.9 Å². The Morgan fingerprint density at radius 2 is 2.04 bits per heavy atom. The van der Waals surface area contributed by atoms with E-state index in [-0.39, 0.29) is 0 Å². The summed E-state index contributed by atoms with van der Waals surface area (Å²) in [6.45, 7) is 4.47. The molecule has 1 aliphatic carbocycles. The van der Waals surface area contributed by atoms with Crippen molar-refractivity contribution in [1.29, 1.82) is 0 Å². The lowest BCUT2D eigenvalue weighted by Gasteiger charge is -2.50. The monoisotopic (exact) mass is 346 g/mol. The van der Waals surface area contributed by atoms with Crippen molar-refractivity contribution in [2.45, 2.75) is 44.8 Å². The molecule has 26 heavy (non-hydrogen) atoms. The van der Waals surface area contributed by atoms with E-state index in [9.17, 15) is 0 Å². The van der Waals surface area contributed by atoms with Crippen molar-refractivity contribution >= 4 is 16.6 Å². The fraction of sp³-hybridized carbons (Fsp3) is 0.409. The van der Waals surface area contributed by atoms with E-state index >= 15 is 0 Å². The molecular weight excluding hydrogens is 320 g/mol. The lowest BCUT2D eigenvalue weighted by Crippen LogP contribution is -2.57. The van der Waals surface area contributed by atoms with E-state index in [1.165, 1.54) is 48.0 Å². The fourth-order valence-electron chi connectivity index (χ4n) is 4.82. The molecule has 2 N–H and O–H groups in total. The summed E-state index contributed by atoms with van der Waals surface area (Å²) >= 11 is 0. The summed E-state index contributed by atoms with van der Waals surface area (Å²) in [7, 11) is 0. The Morgan fingerprint density at radius 1 is 1.15 bits per heavy atom. The van der Waals surface area contributed by atoms with Crippen LogP contribution in [0, 0.1) is 12.8 Å². The molecule has 4 nitrogen and oxygen atoms in total. The van der Waals surface area contributed by atoms with Crippen molar-refractivity contribution < 1.29 is 0 Å². The Hall–Kier alpha value is -2.33. The molecule has 1 aromatic heterocycles. The van der Waals surface area contributed by atoms with Gasteiger partial charge in [0.2, 0.25) is 0 Å². The number of H-pyrrole nitrogens is 1. The maximum absolute atomic E-state index is 4.13. The normalized spacial score (nSPS) is 25.7. The molecule has 3 fully saturated rings. The first-order valence-corrected chi connectivity index (χ1v) is 9.74. The van der Waals surface area contributed by atoms with Crippen molar-refractivity contribution in [3.8, 4) is 0 Å². The van der Waals surface area contributed by atoms with Crippen LogP contribution >= 0.6 is 0 Å². The number of benzene rings is 2. The number of hydrogen-bond donors (Lipinski definition) is 2. The van der Waals surface area contributed by atoms with Gasteiger partial charge in [-0.25, -0.2) is 0 Å². The lowest BCUT2D eigenvalue weighted by molar-refractivity contribution is 0.0323. The number of nitrogens with one attached hydrogen (secondary N) is 2. The summed E-state index contributed by atoms with van der Waals surface area (Å²) in [4.78, 5) is 2.70. The molecule has 1 saturated carbocycles. The third kappa shape index (κ3) is 2.99. The second-order valence-corrected chi connectivity index (χ2v) is 8.08. The third-order valence-electron chi connectivity index (χ3n) is 6.18. The zero-order chi connectivity index (χ0) is 17.5.